The molecular formula is C15H8F4N4O2. The van der Waals surface area contributed by atoms with E-state index >= 15 is 0 Å². The zero-order chi connectivity index (χ0) is 18.1. The second-order valence-electron chi connectivity index (χ2n) is 4.83. The number of nitrogens with two attached hydrogens (primary N) is 1. The van der Waals surface area contributed by atoms with E-state index in [1.165, 1.54) is 12.1 Å². The average Bonchev–Trinajstić information content (AvgIpc) is 3.05. The molecule has 2 heterocycles. The molecular weight excluding hydrogens is 344 g/mol. The van der Waals surface area contributed by atoms with Gasteiger partial charge in [-0.25, -0.2) is 8.78 Å². The van der Waals surface area contributed by atoms with Crippen LogP contribution in [0.25, 0.3) is 22.7 Å². The Morgan fingerprint density at radius 2 is 1.88 bits per heavy atom. The first kappa shape index (κ1) is 16.6. The third-order valence-corrected chi connectivity index (χ3v) is 3.25. The lowest BCUT2D eigenvalue weighted by Crippen LogP contribution is -2.14. The van der Waals surface area contributed by atoms with Gasteiger partial charge in [0.1, 0.15) is 11.6 Å². The van der Waals surface area contributed by atoms with Crippen molar-refractivity contribution >= 4 is 5.91 Å². The highest BCUT2D eigenvalue weighted by atomic mass is 19.3. The molecule has 2 N–H and O–H groups in total. The third kappa shape index (κ3) is 3.05. The van der Waals surface area contributed by atoms with Gasteiger partial charge in [0.25, 0.3) is 11.8 Å². The number of pyridine rings is 1. The number of hydrogen-bond acceptors (Lipinski definition) is 5. The highest BCUT2D eigenvalue weighted by molar-refractivity contribution is 5.94. The number of carbonyl (C=O) groups is 1. The zero-order valence-electron chi connectivity index (χ0n) is 12.2. The summed E-state index contributed by atoms with van der Waals surface area (Å²) in [7, 11) is 0. The van der Waals surface area contributed by atoms with E-state index in [4.69, 9.17) is 10.2 Å². The number of carbonyl (C=O) groups excluding carboxylic acids is 1. The van der Waals surface area contributed by atoms with E-state index in [0.717, 1.165) is 18.3 Å². The standard InChI is InChI=1S/C15H8F4N4O2/c16-8-3-2-7(13(20)24)11(17)10(8)9-4-1-6(5-21-9)14-22-23-15(25-14)12(18)19/h1-5,12H,(H2,20,24). The summed E-state index contributed by atoms with van der Waals surface area (Å²) in [6, 6.07) is 4.34. The average molecular weight is 352 g/mol. The van der Waals surface area contributed by atoms with Crippen molar-refractivity contribution < 1.29 is 26.8 Å². The number of primary amides is 1. The Morgan fingerprint density at radius 1 is 1.12 bits per heavy atom. The van der Waals surface area contributed by atoms with E-state index in [1.807, 2.05) is 0 Å². The van der Waals surface area contributed by atoms with Gasteiger partial charge in [0.2, 0.25) is 5.89 Å². The largest absolute Gasteiger partial charge is 0.415 e. The number of amides is 1. The van der Waals surface area contributed by atoms with E-state index in [-0.39, 0.29) is 17.1 Å². The van der Waals surface area contributed by atoms with Crippen molar-refractivity contribution in [3.05, 3.63) is 53.6 Å². The molecule has 0 atom stereocenters. The summed E-state index contributed by atoms with van der Waals surface area (Å²) >= 11 is 0. The minimum Gasteiger partial charge on any atom is -0.415 e. The fourth-order valence-electron chi connectivity index (χ4n) is 2.09. The Balaban J connectivity index is 2.00. The van der Waals surface area contributed by atoms with Gasteiger partial charge in [-0.2, -0.15) is 8.78 Å². The molecule has 0 aliphatic carbocycles. The third-order valence-electron chi connectivity index (χ3n) is 3.25. The molecule has 0 fully saturated rings. The molecule has 10 heteroatoms. The Morgan fingerprint density at radius 3 is 2.44 bits per heavy atom. The summed E-state index contributed by atoms with van der Waals surface area (Å²) < 4.78 is 57.9. The van der Waals surface area contributed by atoms with E-state index < -0.39 is 41.0 Å². The minimum absolute atomic E-state index is 0.129. The second-order valence-corrected chi connectivity index (χ2v) is 4.83. The molecule has 128 valence electrons. The summed E-state index contributed by atoms with van der Waals surface area (Å²) in [6.45, 7) is 0. The van der Waals surface area contributed by atoms with E-state index in [2.05, 4.69) is 15.2 Å². The molecule has 0 spiro atoms. The number of halogens is 4. The maximum absolute atomic E-state index is 14.3. The van der Waals surface area contributed by atoms with Crippen molar-refractivity contribution in [2.75, 3.05) is 0 Å². The van der Waals surface area contributed by atoms with Gasteiger partial charge < -0.3 is 10.2 Å². The normalized spacial score (nSPS) is 11.1. The van der Waals surface area contributed by atoms with Crippen LogP contribution in [0.3, 0.4) is 0 Å². The Bertz CT molecular complexity index is 941. The quantitative estimate of drug-likeness (QED) is 0.728. The number of benzene rings is 1. The summed E-state index contributed by atoms with van der Waals surface area (Å²) in [4.78, 5) is 15.0. The first-order chi connectivity index (χ1) is 11.9. The molecule has 2 aromatic heterocycles. The van der Waals surface area contributed by atoms with Gasteiger partial charge in [-0.1, -0.05) is 0 Å². The first-order valence-electron chi connectivity index (χ1n) is 6.74. The minimum atomic E-state index is -2.92. The van der Waals surface area contributed by atoms with Crippen molar-refractivity contribution in [2.24, 2.45) is 5.73 Å². The molecule has 25 heavy (non-hydrogen) atoms. The van der Waals surface area contributed by atoms with Crippen molar-refractivity contribution in [3.8, 4) is 22.7 Å². The van der Waals surface area contributed by atoms with Gasteiger partial charge in [0, 0.05) is 6.20 Å². The summed E-state index contributed by atoms with van der Waals surface area (Å²) in [5.74, 6) is -4.22. The molecule has 0 bridgehead atoms. The van der Waals surface area contributed by atoms with Gasteiger partial charge in [-0.05, 0) is 24.3 Å². The summed E-state index contributed by atoms with van der Waals surface area (Å²) in [5.41, 5.74) is 4.05. The summed E-state index contributed by atoms with van der Waals surface area (Å²) in [6.07, 6.45) is -1.80. The van der Waals surface area contributed by atoms with Gasteiger partial charge in [0.05, 0.1) is 22.4 Å². The van der Waals surface area contributed by atoms with Crippen LogP contribution in [0.2, 0.25) is 0 Å². The highest BCUT2D eigenvalue weighted by Gasteiger charge is 2.20. The van der Waals surface area contributed by atoms with Crippen LogP contribution in [0.4, 0.5) is 17.6 Å². The van der Waals surface area contributed by atoms with Gasteiger partial charge in [-0.3, -0.25) is 9.78 Å². The number of rotatable bonds is 4. The molecule has 1 aromatic carbocycles. The molecule has 3 rings (SSSR count). The molecule has 0 unspecified atom stereocenters. The Hall–Kier alpha value is -3.30. The monoisotopic (exact) mass is 352 g/mol. The van der Waals surface area contributed by atoms with Gasteiger partial charge in [0.15, 0.2) is 0 Å². The maximum Gasteiger partial charge on any atom is 0.314 e. The van der Waals surface area contributed by atoms with E-state index in [1.54, 1.807) is 0 Å². The molecule has 0 aliphatic heterocycles. The lowest BCUT2D eigenvalue weighted by atomic mass is 10.0. The van der Waals surface area contributed by atoms with Gasteiger partial charge >= 0.3 is 6.43 Å². The van der Waals surface area contributed by atoms with Crippen molar-refractivity contribution in [3.63, 3.8) is 0 Å². The number of hydrogen-bond donors (Lipinski definition) is 1. The van der Waals surface area contributed by atoms with Crippen LogP contribution in [0, 0.1) is 11.6 Å². The number of nitrogens with zero attached hydrogens (tertiary/aromatic N) is 3. The maximum atomic E-state index is 14.3. The summed E-state index contributed by atoms with van der Waals surface area (Å²) in [5, 5.41) is 6.60. The van der Waals surface area contributed by atoms with Crippen molar-refractivity contribution in [1.82, 2.24) is 15.2 Å². The topological polar surface area (TPSA) is 94.9 Å². The van der Waals surface area contributed by atoms with Crippen LogP contribution in [-0.2, 0) is 0 Å². The zero-order valence-corrected chi connectivity index (χ0v) is 12.2. The molecule has 0 saturated heterocycles. The molecule has 1 amide bonds. The van der Waals surface area contributed by atoms with Crippen LogP contribution in [-0.4, -0.2) is 21.1 Å². The van der Waals surface area contributed by atoms with E-state index in [0.29, 0.717) is 0 Å². The Labute approximate surface area is 137 Å². The predicted molar refractivity (Wildman–Crippen MR) is 76.4 cm³/mol. The molecule has 3 aromatic rings. The van der Waals surface area contributed by atoms with Crippen LogP contribution in [0.15, 0.2) is 34.9 Å². The van der Waals surface area contributed by atoms with E-state index in [9.17, 15) is 22.4 Å². The lowest BCUT2D eigenvalue weighted by molar-refractivity contribution is 0.0996. The fraction of sp³-hybridized carbons (Fsp3) is 0.0667. The first-order valence-corrected chi connectivity index (χ1v) is 6.74. The fourth-order valence-corrected chi connectivity index (χ4v) is 2.09. The van der Waals surface area contributed by atoms with Crippen LogP contribution in [0.5, 0.6) is 0 Å². The Kier molecular flexibility index (Phi) is 4.17. The van der Waals surface area contributed by atoms with Crippen molar-refractivity contribution in [1.29, 1.82) is 0 Å². The molecule has 0 saturated carbocycles. The smallest absolute Gasteiger partial charge is 0.314 e. The van der Waals surface area contributed by atoms with Crippen molar-refractivity contribution in [2.45, 2.75) is 6.43 Å². The second kappa shape index (κ2) is 6.30. The predicted octanol–water partition coefficient (Wildman–Crippen LogP) is 3.11. The van der Waals surface area contributed by atoms with Gasteiger partial charge in [-0.15, -0.1) is 10.2 Å². The number of aromatic nitrogens is 3. The molecule has 0 radical (unpaired) electrons. The SMILES string of the molecule is NC(=O)c1ccc(F)c(-c2ccc(-c3nnc(C(F)F)o3)cn2)c1F. The lowest BCUT2D eigenvalue weighted by Gasteiger charge is -2.07. The number of alkyl halides is 2. The molecule has 0 aliphatic rings. The van der Waals surface area contributed by atoms with Crippen LogP contribution < -0.4 is 5.73 Å². The van der Waals surface area contributed by atoms with Crippen LogP contribution in [0.1, 0.15) is 22.7 Å². The molecule has 6 nitrogen and oxygen atoms in total. The van der Waals surface area contributed by atoms with Crippen LogP contribution >= 0.6 is 0 Å². The highest BCUT2D eigenvalue weighted by Crippen LogP contribution is 2.29.